The largest absolute Gasteiger partial charge is 0.373 e. The second-order valence-corrected chi connectivity index (χ2v) is 5.66. The molecule has 4 heteroatoms. The highest BCUT2D eigenvalue weighted by Gasteiger charge is 2.19. The third-order valence-corrected chi connectivity index (χ3v) is 4.04. The van der Waals surface area contributed by atoms with E-state index in [0.717, 1.165) is 19.0 Å². The Balaban J connectivity index is 1.97. The Hall–Kier alpha value is -1.13. The van der Waals surface area contributed by atoms with Crippen molar-refractivity contribution in [3.8, 4) is 0 Å². The smallest absolute Gasteiger partial charge is 0.0595 e. The lowest BCUT2D eigenvalue weighted by atomic mass is 9.96. The number of pyridine rings is 1. The molecule has 1 aliphatic heterocycles. The Kier molecular flexibility index (Phi) is 5.16. The highest BCUT2D eigenvalue weighted by Crippen LogP contribution is 2.22. The number of aromatic nitrogens is 1. The van der Waals surface area contributed by atoms with Crippen molar-refractivity contribution in [2.45, 2.75) is 19.4 Å². The molecule has 0 amide bonds. The molecule has 1 N–H and O–H groups in total. The number of hydrogen-bond acceptors (Lipinski definition) is 4. The molecule has 19 heavy (non-hydrogen) atoms. The van der Waals surface area contributed by atoms with Gasteiger partial charge in [0, 0.05) is 26.3 Å². The van der Waals surface area contributed by atoms with Gasteiger partial charge in [0.15, 0.2) is 0 Å². The maximum absolute atomic E-state index is 4.28. The van der Waals surface area contributed by atoms with Crippen LogP contribution in [0.4, 0.5) is 5.69 Å². The van der Waals surface area contributed by atoms with Crippen molar-refractivity contribution in [1.29, 1.82) is 0 Å². The molecule has 0 radical (unpaired) electrons. The molecule has 1 aliphatic rings. The van der Waals surface area contributed by atoms with Gasteiger partial charge in [0.1, 0.15) is 0 Å². The van der Waals surface area contributed by atoms with Crippen LogP contribution in [0.3, 0.4) is 0 Å². The average Bonchev–Trinajstić information content (AvgIpc) is 2.42. The molecule has 0 saturated carbocycles. The van der Waals surface area contributed by atoms with E-state index in [4.69, 9.17) is 0 Å². The topological polar surface area (TPSA) is 31.4 Å². The Morgan fingerprint density at radius 1 is 1.42 bits per heavy atom. The highest BCUT2D eigenvalue weighted by atomic mass is 15.1. The summed E-state index contributed by atoms with van der Waals surface area (Å²) in [6.07, 6.45) is 6.48. The van der Waals surface area contributed by atoms with Gasteiger partial charge in [0.05, 0.1) is 11.9 Å². The number of nitrogens with zero attached hydrogens (tertiary/aromatic N) is 3. The molecular weight excluding hydrogens is 236 g/mol. The Bertz CT molecular complexity index is 385. The fourth-order valence-corrected chi connectivity index (χ4v) is 2.83. The van der Waals surface area contributed by atoms with E-state index in [9.17, 15) is 0 Å². The van der Waals surface area contributed by atoms with Crippen molar-refractivity contribution < 1.29 is 0 Å². The molecule has 0 aromatic carbocycles. The number of hydrogen-bond donors (Lipinski definition) is 1. The highest BCUT2D eigenvalue weighted by molar-refractivity contribution is 5.51. The van der Waals surface area contributed by atoms with E-state index in [1.165, 1.54) is 37.2 Å². The van der Waals surface area contributed by atoms with Gasteiger partial charge in [-0.05, 0) is 57.6 Å². The molecule has 1 aromatic rings. The average molecular weight is 262 g/mol. The molecule has 0 atom stereocenters. The summed E-state index contributed by atoms with van der Waals surface area (Å²) in [5.41, 5.74) is 2.59. The molecule has 0 unspecified atom stereocenters. The van der Waals surface area contributed by atoms with Crippen LogP contribution in [0, 0.1) is 5.92 Å². The third kappa shape index (κ3) is 3.91. The number of piperidine rings is 1. The van der Waals surface area contributed by atoms with Crippen molar-refractivity contribution in [3.63, 3.8) is 0 Å². The zero-order chi connectivity index (χ0) is 13.7. The van der Waals surface area contributed by atoms with Crippen LogP contribution in [0.1, 0.15) is 18.4 Å². The van der Waals surface area contributed by atoms with Crippen LogP contribution in [-0.4, -0.2) is 50.7 Å². The summed E-state index contributed by atoms with van der Waals surface area (Å²) in [7, 11) is 6.39. The summed E-state index contributed by atoms with van der Waals surface area (Å²) in [5, 5.41) is 3.23. The number of nitrogens with one attached hydrogen (secondary N) is 1. The molecule has 1 aromatic heterocycles. The molecular formula is C15H26N4. The van der Waals surface area contributed by atoms with Gasteiger partial charge >= 0.3 is 0 Å². The van der Waals surface area contributed by atoms with Gasteiger partial charge in [0.25, 0.3) is 0 Å². The lowest BCUT2D eigenvalue weighted by molar-refractivity contribution is 0.222. The summed E-state index contributed by atoms with van der Waals surface area (Å²) in [5.74, 6) is 0.809. The lowest BCUT2D eigenvalue weighted by Crippen LogP contribution is -2.36. The van der Waals surface area contributed by atoms with Gasteiger partial charge in [-0.15, -0.1) is 0 Å². The van der Waals surface area contributed by atoms with Crippen molar-refractivity contribution >= 4 is 5.69 Å². The molecule has 2 heterocycles. The zero-order valence-corrected chi connectivity index (χ0v) is 12.4. The quantitative estimate of drug-likeness (QED) is 0.873. The molecule has 4 nitrogen and oxygen atoms in total. The van der Waals surface area contributed by atoms with Crippen LogP contribution in [0.15, 0.2) is 18.5 Å². The first-order chi connectivity index (χ1) is 9.20. The van der Waals surface area contributed by atoms with Gasteiger partial charge in [-0.1, -0.05) is 0 Å². The third-order valence-electron chi connectivity index (χ3n) is 4.04. The number of anilines is 1. The SMILES string of the molecule is CNCc1ccncc1N(C)CC1CCN(C)CC1. The Morgan fingerprint density at radius 2 is 2.16 bits per heavy atom. The normalized spacial score (nSPS) is 17.6. The molecule has 0 aliphatic carbocycles. The molecule has 106 valence electrons. The summed E-state index contributed by atoms with van der Waals surface area (Å²) in [4.78, 5) is 9.07. The van der Waals surface area contributed by atoms with Crippen LogP contribution in [0.25, 0.3) is 0 Å². The van der Waals surface area contributed by atoms with Crippen LogP contribution >= 0.6 is 0 Å². The van der Waals surface area contributed by atoms with E-state index in [1.54, 1.807) is 0 Å². The lowest BCUT2D eigenvalue weighted by Gasteiger charge is -2.33. The summed E-state index contributed by atoms with van der Waals surface area (Å²) < 4.78 is 0. The number of rotatable bonds is 5. The fraction of sp³-hybridized carbons (Fsp3) is 0.667. The van der Waals surface area contributed by atoms with Crippen molar-refractivity contribution in [2.75, 3.05) is 45.7 Å². The summed E-state index contributed by atoms with van der Waals surface area (Å²) in [6, 6.07) is 2.11. The first kappa shape index (κ1) is 14.3. The first-order valence-electron chi connectivity index (χ1n) is 7.18. The minimum absolute atomic E-state index is 0.809. The van der Waals surface area contributed by atoms with Crippen LogP contribution in [0.2, 0.25) is 0 Å². The number of likely N-dealkylation sites (tertiary alicyclic amines) is 1. The van der Waals surface area contributed by atoms with E-state index in [1.807, 2.05) is 19.4 Å². The molecule has 2 rings (SSSR count). The summed E-state index contributed by atoms with van der Waals surface area (Å²) in [6.45, 7) is 4.50. The van der Waals surface area contributed by atoms with Crippen LogP contribution in [-0.2, 0) is 6.54 Å². The Morgan fingerprint density at radius 3 is 2.84 bits per heavy atom. The van der Waals surface area contributed by atoms with Gasteiger partial charge in [-0.25, -0.2) is 0 Å². The molecule has 0 spiro atoms. The summed E-state index contributed by atoms with van der Waals surface area (Å²) >= 11 is 0. The van der Waals surface area contributed by atoms with E-state index in [-0.39, 0.29) is 0 Å². The maximum atomic E-state index is 4.28. The zero-order valence-electron chi connectivity index (χ0n) is 12.4. The van der Waals surface area contributed by atoms with Crippen molar-refractivity contribution in [1.82, 2.24) is 15.2 Å². The van der Waals surface area contributed by atoms with Gasteiger partial charge in [-0.3, -0.25) is 4.98 Å². The second-order valence-electron chi connectivity index (χ2n) is 5.66. The minimum Gasteiger partial charge on any atom is -0.373 e. The standard InChI is InChI=1S/C15H26N4/c1-16-10-14-4-7-17-11-15(14)19(3)12-13-5-8-18(2)9-6-13/h4,7,11,13,16H,5-6,8-10,12H2,1-3H3. The van der Waals surface area contributed by atoms with Crippen LogP contribution < -0.4 is 10.2 Å². The second kappa shape index (κ2) is 6.87. The van der Waals surface area contributed by atoms with Crippen LogP contribution in [0.5, 0.6) is 0 Å². The van der Waals surface area contributed by atoms with Gasteiger partial charge in [0.2, 0.25) is 0 Å². The van der Waals surface area contributed by atoms with Crippen molar-refractivity contribution in [2.24, 2.45) is 5.92 Å². The first-order valence-corrected chi connectivity index (χ1v) is 7.18. The van der Waals surface area contributed by atoms with E-state index >= 15 is 0 Å². The predicted octanol–water partition coefficient (Wildman–Crippen LogP) is 1.58. The van der Waals surface area contributed by atoms with E-state index in [0.29, 0.717) is 0 Å². The fourth-order valence-electron chi connectivity index (χ4n) is 2.83. The molecule has 0 bridgehead atoms. The monoisotopic (exact) mass is 262 g/mol. The molecule has 1 fully saturated rings. The maximum Gasteiger partial charge on any atom is 0.0595 e. The van der Waals surface area contributed by atoms with Gasteiger partial charge < -0.3 is 15.1 Å². The van der Waals surface area contributed by atoms with Crippen molar-refractivity contribution in [3.05, 3.63) is 24.0 Å². The minimum atomic E-state index is 0.809. The van der Waals surface area contributed by atoms with E-state index < -0.39 is 0 Å². The molecule has 1 saturated heterocycles. The predicted molar refractivity (Wildman–Crippen MR) is 80.5 cm³/mol. The Labute approximate surface area is 116 Å². The van der Waals surface area contributed by atoms with E-state index in [2.05, 4.69) is 40.3 Å². The van der Waals surface area contributed by atoms with Gasteiger partial charge in [-0.2, -0.15) is 0 Å².